The highest BCUT2D eigenvalue weighted by atomic mass is 14.7. The van der Waals surface area contributed by atoms with Crippen LogP contribution in [0.1, 0.15) is 33.4 Å². The zero-order valence-electron chi connectivity index (χ0n) is 9.72. The van der Waals surface area contributed by atoms with Crippen molar-refractivity contribution >= 4 is 12.2 Å². The van der Waals surface area contributed by atoms with Gasteiger partial charge in [-0.3, -0.25) is 0 Å². The minimum absolute atomic E-state index is 0.701. The second kappa shape index (κ2) is 7.39. The average molecular weight is 194 g/mol. The minimum atomic E-state index is 0.701. The third-order valence-electron chi connectivity index (χ3n) is 1.95. The van der Waals surface area contributed by atoms with Crippen molar-refractivity contribution in [2.24, 2.45) is 5.73 Å². The Kier molecular flexibility index (Phi) is 6.85. The smallest absolute Gasteiger partial charge is 0.0409 e. The number of rotatable bonds is 2. The molecule has 0 spiro atoms. The van der Waals surface area contributed by atoms with Crippen LogP contribution < -0.4 is 16.3 Å². The molecule has 0 fully saturated rings. The normalized spacial score (nSPS) is 12.6. The van der Waals surface area contributed by atoms with Gasteiger partial charge in [-0.1, -0.05) is 26.0 Å². The number of nitrogens with two attached hydrogens (primary N) is 1. The molecule has 80 valence electrons. The molecule has 0 bridgehead atoms. The molecule has 0 aliphatic rings. The maximum Gasteiger partial charge on any atom is 0.0409 e. The first-order valence-electron chi connectivity index (χ1n) is 5.32. The Hall–Kier alpha value is -1.02. The predicted molar refractivity (Wildman–Crippen MR) is 64.4 cm³/mol. The summed E-state index contributed by atoms with van der Waals surface area (Å²) in [6.45, 7) is 8.78. The van der Waals surface area contributed by atoms with E-state index in [0.29, 0.717) is 6.54 Å². The summed E-state index contributed by atoms with van der Waals surface area (Å²) in [5.41, 5.74) is 6.68. The van der Waals surface area contributed by atoms with Gasteiger partial charge < -0.3 is 10.7 Å². The Bertz CT molecular complexity index is 315. The lowest BCUT2D eigenvalue weighted by Crippen LogP contribution is -2.20. The lowest BCUT2D eigenvalue weighted by molar-refractivity contribution is 0.931. The molecule has 3 N–H and O–H groups in total. The molecule has 14 heavy (non-hydrogen) atoms. The third kappa shape index (κ3) is 3.38. The largest absolute Gasteiger partial charge is 0.359 e. The van der Waals surface area contributed by atoms with E-state index >= 15 is 0 Å². The third-order valence-corrected chi connectivity index (χ3v) is 1.95. The fraction of sp³-hybridized carbons (Fsp3) is 0.500. The number of nitrogens with one attached hydrogen (secondary N) is 1. The minimum Gasteiger partial charge on any atom is -0.359 e. The van der Waals surface area contributed by atoms with Crippen LogP contribution in [0.5, 0.6) is 0 Å². The Morgan fingerprint density at radius 2 is 1.93 bits per heavy atom. The van der Waals surface area contributed by atoms with Crippen LogP contribution in [0.15, 0.2) is 6.07 Å². The van der Waals surface area contributed by atoms with E-state index in [2.05, 4.69) is 23.2 Å². The number of aromatic amines is 1. The first-order valence-corrected chi connectivity index (χ1v) is 5.32. The maximum absolute atomic E-state index is 5.46. The fourth-order valence-electron chi connectivity index (χ4n) is 1.31. The summed E-state index contributed by atoms with van der Waals surface area (Å²) in [5, 5.41) is 2.46. The molecular weight excluding hydrogens is 172 g/mol. The molecule has 1 aromatic heterocycles. The second-order valence-corrected chi connectivity index (χ2v) is 2.78. The molecule has 0 radical (unpaired) electrons. The van der Waals surface area contributed by atoms with Crippen molar-refractivity contribution in [3.8, 4) is 0 Å². The van der Waals surface area contributed by atoms with Crippen LogP contribution in [0.3, 0.4) is 0 Å². The van der Waals surface area contributed by atoms with E-state index in [4.69, 9.17) is 5.73 Å². The molecule has 0 aromatic carbocycles. The molecule has 0 amide bonds. The van der Waals surface area contributed by atoms with Gasteiger partial charge in [0.05, 0.1) is 0 Å². The summed E-state index contributed by atoms with van der Waals surface area (Å²) in [6.07, 6.45) is 5.11. The van der Waals surface area contributed by atoms with Crippen LogP contribution in [-0.4, -0.2) is 11.5 Å². The highest BCUT2D eigenvalue weighted by Gasteiger charge is 1.93. The van der Waals surface area contributed by atoms with Crippen LogP contribution in [-0.2, 0) is 6.42 Å². The van der Waals surface area contributed by atoms with Gasteiger partial charge in [-0.05, 0) is 38.1 Å². The summed E-state index contributed by atoms with van der Waals surface area (Å²) in [5.74, 6) is 0. The Morgan fingerprint density at radius 1 is 1.29 bits per heavy atom. The molecule has 0 atom stereocenters. The number of H-pyrrole nitrogens is 1. The van der Waals surface area contributed by atoms with E-state index in [1.807, 2.05) is 27.7 Å². The highest BCUT2D eigenvalue weighted by Crippen LogP contribution is 1.85. The van der Waals surface area contributed by atoms with E-state index in [0.717, 1.165) is 6.42 Å². The van der Waals surface area contributed by atoms with Crippen LogP contribution in [0.25, 0.3) is 12.2 Å². The van der Waals surface area contributed by atoms with Crippen LogP contribution in [0.2, 0.25) is 0 Å². The topological polar surface area (TPSA) is 41.8 Å². The summed E-state index contributed by atoms with van der Waals surface area (Å²) in [6, 6.07) is 2.15. The van der Waals surface area contributed by atoms with Crippen molar-refractivity contribution in [3.05, 3.63) is 22.3 Å². The van der Waals surface area contributed by atoms with Crippen molar-refractivity contribution in [3.63, 3.8) is 0 Å². The van der Waals surface area contributed by atoms with Gasteiger partial charge in [0.15, 0.2) is 0 Å². The van der Waals surface area contributed by atoms with E-state index in [-0.39, 0.29) is 0 Å². The summed E-state index contributed by atoms with van der Waals surface area (Å²) >= 11 is 0. The van der Waals surface area contributed by atoms with Gasteiger partial charge in [-0.2, -0.15) is 0 Å². The van der Waals surface area contributed by atoms with Crippen molar-refractivity contribution < 1.29 is 0 Å². The monoisotopic (exact) mass is 194 g/mol. The van der Waals surface area contributed by atoms with Crippen molar-refractivity contribution in [1.29, 1.82) is 0 Å². The fourth-order valence-corrected chi connectivity index (χ4v) is 1.31. The molecule has 0 aliphatic carbocycles. The van der Waals surface area contributed by atoms with Crippen LogP contribution >= 0.6 is 0 Å². The molecular formula is C12H22N2. The number of hydrogen-bond acceptors (Lipinski definition) is 1. The lowest BCUT2D eigenvalue weighted by Gasteiger charge is -1.88. The summed E-state index contributed by atoms with van der Waals surface area (Å²) in [7, 11) is 0. The van der Waals surface area contributed by atoms with E-state index in [9.17, 15) is 0 Å². The maximum atomic E-state index is 5.46. The average Bonchev–Trinajstić information content (AvgIpc) is 2.64. The summed E-state index contributed by atoms with van der Waals surface area (Å²) in [4.78, 5) is 3.32. The van der Waals surface area contributed by atoms with Gasteiger partial charge in [-0.15, -0.1) is 0 Å². The first kappa shape index (κ1) is 13.0. The van der Waals surface area contributed by atoms with Crippen molar-refractivity contribution in [1.82, 2.24) is 4.98 Å². The summed E-state index contributed by atoms with van der Waals surface area (Å²) < 4.78 is 0. The molecule has 1 rings (SSSR count). The van der Waals surface area contributed by atoms with Crippen LogP contribution in [0.4, 0.5) is 0 Å². The molecule has 2 nitrogen and oxygen atoms in total. The quantitative estimate of drug-likeness (QED) is 0.728. The van der Waals surface area contributed by atoms with Crippen molar-refractivity contribution in [2.45, 2.75) is 34.1 Å². The van der Waals surface area contributed by atoms with Crippen LogP contribution in [0, 0.1) is 0 Å². The molecule has 0 unspecified atom stereocenters. The van der Waals surface area contributed by atoms with Gasteiger partial charge in [-0.25, -0.2) is 0 Å². The Balaban J connectivity index is 0.000000791. The standard InChI is InChI=1S/C10H16N2.C2H6/c1-3-8-7-9(5-6-11)12-10(8)4-2;1-2/h3-4,7,12H,5-6,11H2,1-2H3;1-2H3/b8-3-,10-4+;. The van der Waals surface area contributed by atoms with Gasteiger partial charge >= 0.3 is 0 Å². The molecule has 1 heterocycles. The van der Waals surface area contributed by atoms with Gasteiger partial charge in [0.1, 0.15) is 0 Å². The zero-order valence-corrected chi connectivity index (χ0v) is 9.72. The molecule has 0 saturated heterocycles. The SMILES string of the molecule is C/C=c1/cc(CCN)[nH]/c1=C/C.CC. The zero-order chi connectivity index (χ0) is 11.0. The van der Waals surface area contributed by atoms with Gasteiger partial charge in [0.2, 0.25) is 0 Å². The first-order chi connectivity index (χ1) is 6.81. The molecule has 1 aromatic rings. The Morgan fingerprint density at radius 3 is 2.29 bits per heavy atom. The number of hydrogen-bond donors (Lipinski definition) is 2. The van der Waals surface area contributed by atoms with Crippen molar-refractivity contribution in [2.75, 3.05) is 6.54 Å². The Labute approximate surface area is 86.5 Å². The van der Waals surface area contributed by atoms with E-state index < -0.39 is 0 Å². The molecule has 2 heteroatoms. The van der Waals surface area contributed by atoms with E-state index in [1.165, 1.54) is 16.3 Å². The van der Waals surface area contributed by atoms with Gasteiger partial charge in [0, 0.05) is 11.0 Å². The van der Waals surface area contributed by atoms with E-state index in [1.54, 1.807) is 0 Å². The highest BCUT2D eigenvalue weighted by molar-refractivity contribution is 5.28. The molecule has 0 saturated carbocycles. The second-order valence-electron chi connectivity index (χ2n) is 2.78. The molecule has 0 aliphatic heterocycles. The number of aromatic nitrogens is 1. The lowest BCUT2D eigenvalue weighted by atomic mass is 10.3. The van der Waals surface area contributed by atoms with Gasteiger partial charge in [0.25, 0.3) is 0 Å². The predicted octanol–water partition coefficient (Wildman–Crippen LogP) is 1.14.